The van der Waals surface area contributed by atoms with Crippen LogP contribution in [0.2, 0.25) is 0 Å². The Labute approximate surface area is 122 Å². The fourth-order valence-electron chi connectivity index (χ4n) is 3.62. The average Bonchev–Trinajstić information content (AvgIpc) is 2.68. The Kier molecular flexibility index (Phi) is 4.12. The van der Waals surface area contributed by atoms with E-state index in [1.54, 1.807) is 0 Å². The molecule has 114 valence electrons. The van der Waals surface area contributed by atoms with Crippen molar-refractivity contribution in [2.75, 3.05) is 19.6 Å². The van der Waals surface area contributed by atoms with Gasteiger partial charge in [-0.3, -0.25) is 9.59 Å². The molecule has 0 unspecified atom stereocenters. The van der Waals surface area contributed by atoms with E-state index in [-0.39, 0.29) is 23.3 Å². The lowest BCUT2D eigenvalue weighted by Crippen LogP contribution is -2.47. The normalized spacial score (nSPS) is 31.9. The van der Waals surface area contributed by atoms with Gasteiger partial charge in [0.25, 0.3) is 0 Å². The molecule has 0 aromatic rings. The Morgan fingerprint density at radius 3 is 2.10 bits per heavy atom. The van der Waals surface area contributed by atoms with Gasteiger partial charge < -0.3 is 9.80 Å². The summed E-state index contributed by atoms with van der Waals surface area (Å²) in [6.07, 6.45) is 1.58. The predicted octanol–water partition coefficient (Wildman–Crippen LogP) is 2.14. The van der Waals surface area contributed by atoms with Crippen molar-refractivity contribution in [1.29, 1.82) is 0 Å². The molecule has 0 aromatic heterocycles. The quantitative estimate of drug-likeness (QED) is 0.738. The summed E-state index contributed by atoms with van der Waals surface area (Å²) in [5, 5.41) is 0. The molecule has 2 saturated heterocycles. The maximum absolute atomic E-state index is 12.7. The van der Waals surface area contributed by atoms with E-state index in [2.05, 4.69) is 13.8 Å². The SMILES string of the molecule is C[C@@H]1C[C@H](C)CN(C(=O)[C@@H]2CC(=O)N(C(C)(C)C)C2)C1. The van der Waals surface area contributed by atoms with Gasteiger partial charge >= 0.3 is 0 Å². The lowest BCUT2D eigenvalue weighted by Gasteiger charge is -2.37. The van der Waals surface area contributed by atoms with Gasteiger partial charge in [0.05, 0.1) is 5.92 Å². The summed E-state index contributed by atoms with van der Waals surface area (Å²) in [7, 11) is 0. The highest BCUT2D eigenvalue weighted by atomic mass is 16.2. The number of carbonyl (C=O) groups is 2. The minimum atomic E-state index is -0.186. The zero-order valence-electron chi connectivity index (χ0n) is 13.5. The first-order valence-corrected chi connectivity index (χ1v) is 7.77. The average molecular weight is 280 g/mol. The number of hydrogen-bond acceptors (Lipinski definition) is 2. The summed E-state index contributed by atoms with van der Waals surface area (Å²) in [6, 6.07) is 0. The van der Waals surface area contributed by atoms with Crippen molar-refractivity contribution >= 4 is 11.8 Å². The standard InChI is InChI=1S/C16H28N2O2/c1-11-6-12(2)9-17(8-11)15(20)13-7-14(19)18(10-13)16(3,4)5/h11-13H,6-10H2,1-5H3/t11-,12+,13-/m1/s1. The first kappa shape index (κ1) is 15.3. The second-order valence-electron chi connectivity index (χ2n) is 7.77. The molecule has 2 heterocycles. The Balaban J connectivity index is 2.02. The van der Waals surface area contributed by atoms with Crippen molar-refractivity contribution in [3.05, 3.63) is 0 Å². The maximum atomic E-state index is 12.7. The van der Waals surface area contributed by atoms with Gasteiger partial charge in [-0.1, -0.05) is 13.8 Å². The number of piperidine rings is 1. The molecule has 3 atom stereocenters. The Morgan fingerprint density at radius 1 is 1.10 bits per heavy atom. The van der Waals surface area contributed by atoms with E-state index in [1.807, 2.05) is 30.6 Å². The minimum absolute atomic E-state index is 0.119. The largest absolute Gasteiger partial charge is 0.342 e. The molecule has 4 nitrogen and oxygen atoms in total. The topological polar surface area (TPSA) is 40.6 Å². The van der Waals surface area contributed by atoms with E-state index in [9.17, 15) is 9.59 Å². The van der Waals surface area contributed by atoms with Crippen molar-refractivity contribution in [1.82, 2.24) is 9.80 Å². The molecule has 0 aliphatic carbocycles. The van der Waals surface area contributed by atoms with Crippen molar-refractivity contribution in [2.24, 2.45) is 17.8 Å². The van der Waals surface area contributed by atoms with E-state index >= 15 is 0 Å². The van der Waals surface area contributed by atoms with Gasteiger partial charge in [0, 0.05) is 31.6 Å². The molecule has 2 fully saturated rings. The Morgan fingerprint density at radius 2 is 1.65 bits per heavy atom. The zero-order chi connectivity index (χ0) is 15.1. The molecule has 0 N–H and O–H groups in total. The molecule has 20 heavy (non-hydrogen) atoms. The fourth-order valence-corrected chi connectivity index (χ4v) is 3.62. The summed E-state index contributed by atoms with van der Waals surface area (Å²) in [5.41, 5.74) is -0.186. The number of rotatable bonds is 1. The molecule has 0 spiro atoms. The van der Waals surface area contributed by atoms with Crippen LogP contribution in [-0.2, 0) is 9.59 Å². The molecule has 0 aromatic carbocycles. The van der Waals surface area contributed by atoms with Crippen LogP contribution >= 0.6 is 0 Å². The first-order valence-electron chi connectivity index (χ1n) is 7.77. The fraction of sp³-hybridized carbons (Fsp3) is 0.875. The van der Waals surface area contributed by atoms with Crippen LogP contribution in [0.15, 0.2) is 0 Å². The lowest BCUT2D eigenvalue weighted by atomic mass is 9.91. The van der Waals surface area contributed by atoms with Gasteiger partial charge in [-0.25, -0.2) is 0 Å². The highest BCUT2D eigenvalue weighted by molar-refractivity contribution is 5.89. The van der Waals surface area contributed by atoms with Gasteiger partial charge in [0.1, 0.15) is 0 Å². The summed E-state index contributed by atoms with van der Waals surface area (Å²) >= 11 is 0. The van der Waals surface area contributed by atoms with E-state index < -0.39 is 0 Å². The molecule has 2 aliphatic heterocycles. The molecule has 2 aliphatic rings. The number of carbonyl (C=O) groups excluding carboxylic acids is 2. The van der Waals surface area contributed by atoms with Gasteiger partial charge in [-0.05, 0) is 39.0 Å². The molecule has 0 radical (unpaired) electrons. The second-order valence-corrected chi connectivity index (χ2v) is 7.77. The van der Waals surface area contributed by atoms with Gasteiger partial charge in [-0.15, -0.1) is 0 Å². The highest BCUT2D eigenvalue weighted by Crippen LogP contribution is 2.29. The van der Waals surface area contributed by atoms with Crippen LogP contribution in [0.5, 0.6) is 0 Å². The molecule has 2 amide bonds. The summed E-state index contributed by atoms with van der Waals surface area (Å²) < 4.78 is 0. The maximum Gasteiger partial charge on any atom is 0.228 e. The molecule has 0 saturated carbocycles. The van der Waals surface area contributed by atoms with E-state index in [4.69, 9.17) is 0 Å². The van der Waals surface area contributed by atoms with Crippen LogP contribution in [0.4, 0.5) is 0 Å². The van der Waals surface area contributed by atoms with E-state index in [0.29, 0.717) is 24.8 Å². The van der Waals surface area contributed by atoms with Crippen LogP contribution in [0.25, 0.3) is 0 Å². The molecule has 4 heteroatoms. The van der Waals surface area contributed by atoms with Gasteiger partial charge in [0.2, 0.25) is 11.8 Å². The monoisotopic (exact) mass is 280 g/mol. The number of likely N-dealkylation sites (tertiary alicyclic amines) is 2. The van der Waals surface area contributed by atoms with Crippen LogP contribution in [0.1, 0.15) is 47.5 Å². The van der Waals surface area contributed by atoms with Gasteiger partial charge in [0.15, 0.2) is 0 Å². The number of nitrogens with zero attached hydrogens (tertiary/aromatic N) is 2. The molecular formula is C16H28N2O2. The zero-order valence-corrected chi connectivity index (χ0v) is 13.5. The van der Waals surface area contributed by atoms with Gasteiger partial charge in [-0.2, -0.15) is 0 Å². The minimum Gasteiger partial charge on any atom is -0.342 e. The smallest absolute Gasteiger partial charge is 0.228 e. The molecule has 0 bridgehead atoms. The third-order valence-corrected chi connectivity index (χ3v) is 4.46. The van der Waals surface area contributed by atoms with E-state index in [1.165, 1.54) is 6.42 Å². The number of amides is 2. The first-order chi connectivity index (χ1) is 9.18. The predicted molar refractivity (Wildman–Crippen MR) is 79.1 cm³/mol. The van der Waals surface area contributed by atoms with Crippen LogP contribution < -0.4 is 0 Å². The van der Waals surface area contributed by atoms with Crippen molar-refractivity contribution in [3.8, 4) is 0 Å². The van der Waals surface area contributed by atoms with Crippen molar-refractivity contribution < 1.29 is 9.59 Å². The second kappa shape index (κ2) is 5.38. The third kappa shape index (κ3) is 3.15. The summed E-state index contributed by atoms with van der Waals surface area (Å²) in [6.45, 7) is 12.8. The van der Waals surface area contributed by atoms with Crippen LogP contribution in [0, 0.1) is 17.8 Å². The summed E-state index contributed by atoms with van der Waals surface area (Å²) in [4.78, 5) is 28.6. The Hall–Kier alpha value is -1.06. The molecular weight excluding hydrogens is 252 g/mol. The molecule has 2 rings (SSSR count). The van der Waals surface area contributed by atoms with Crippen LogP contribution in [0.3, 0.4) is 0 Å². The van der Waals surface area contributed by atoms with Crippen LogP contribution in [-0.4, -0.2) is 46.8 Å². The number of hydrogen-bond donors (Lipinski definition) is 0. The lowest BCUT2D eigenvalue weighted by molar-refractivity contribution is -0.138. The van der Waals surface area contributed by atoms with Crippen molar-refractivity contribution in [3.63, 3.8) is 0 Å². The summed E-state index contributed by atoms with van der Waals surface area (Å²) in [5.74, 6) is 1.30. The Bertz CT molecular complexity index is 390. The highest BCUT2D eigenvalue weighted by Gasteiger charge is 2.41. The van der Waals surface area contributed by atoms with E-state index in [0.717, 1.165) is 13.1 Å². The third-order valence-electron chi connectivity index (χ3n) is 4.46. The van der Waals surface area contributed by atoms with Crippen molar-refractivity contribution in [2.45, 2.75) is 53.0 Å².